The Bertz CT molecular complexity index is 759. The minimum absolute atomic E-state index is 0.0356. The molecule has 0 atom stereocenters. The zero-order chi connectivity index (χ0) is 13.6. The van der Waals surface area contributed by atoms with E-state index >= 15 is 0 Å². The van der Waals surface area contributed by atoms with Gasteiger partial charge in [-0.25, -0.2) is 18.2 Å². The molecule has 0 radical (unpaired) electrons. The van der Waals surface area contributed by atoms with E-state index in [4.69, 9.17) is 5.73 Å². The van der Waals surface area contributed by atoms with Gasteiger partial charge >= 0.3 is 0 Å². The summed E-state index contributed by atoms with van der Waals surface area (Å²) in [7, 11) is 0. The first-order valence-corrected chi connectivity index (χ1v) is 5.31. The van der Waals surface area contributed by atoms with Crippen LogP contribution in [-0.2, 0) is 0 Å². The Morgan fingerprint density at radius 3 is 2.47 bits per heavy atom. The molecule has 0 amide bonds. The summed E-state index contributed by atoms with van der Waals surface area (Å²) in [5.41, 5.74) is 6.77. The van der Waals surface area contributed by atoms with Crippen molar-refractivity contribution in [1.29, 1.82) is 0 Å². The molecule has 3 rings (SSSR count). The van der Waals surface area contributed by atoms with Gasteiger partial charge in [0.05, 0.1) is 17.4 Å². The van der Waals surface area contributed by atoms with Gasteiger partial charge < -0.3 is 5.73 Å². The van der Waals surface area contributed by atoms with Crippen LogP contribution in [-0.4, -0.2) is 14.5 Å². The lowest BCUT2D eigenvalue weighted by molar-refractivity contribution is 0.446. The molecule has 0 bridgehead atoms. The molecule has 0 aliphatic rings. The summed E-state index contributed by atoms with van der Waals surface area (Å²) in [6.45, 7) is 0. The topological polar surface area (TPSA) is 56.7 Å². The normalized spacial score (nSPS) is 11.1. The number of benzene rings is 1. The lowest BCUT2D eigenvalue weighted by atomic mass is 10.2. The Labute approximate surface area is 105 Å². The van der Waals surface area contributed by atoms with E-state index in [1.807, 2.05) is 0 Å². The average Bonchev–Trinajstić information content (AvgIpc) is 2.71. The Morgan fingerprint density at radius 2 is 1.79 bits per heavy atom. The van der Waals surface area contributed by atoms with Crippen molar-refractivity contribution in [3.63, 3.8) is 0 Å². The van der Waals surface area contributed by atoms with E-state index < -0.39 is 17.5 Å². The van der Waals surface area contributed by atoms with Crippen LogP contribution in [0.25, 0.3) is 16.7 Å². The molecule has 2 heterocycles. The lowest BCUT2D eigenvalue weighted by Gasteiger charge is -2.07. The van der Waals surface area contributed by atoms with Crippen molar-refractivity contribution in [3.8, 4) is 5.69 Å². The number of fused-ring (bicyclic) bond motifs is 1. The first-order chi connectivity index (χ1) is 9.08. The average molecular weight is 264 g/mol. The molecule has 0 spiro atoms. The number of hydrogen-bond acceptors (Lipinski definition) is 3. The minimum Gasteiger partial charge on any atom is -0.369 e. The number of rotatable bonds is 1. The van der Waals surface area contributed by atoms with Crippen molar-refractivity contribution in [2.45, 2.75) is 0 Å². The van der Waals surface area contributed by atoms with Gasteiger partial charge in [0, 0.05) is 18.3 Å². The smallest absolute Gasteiger partial charge is 0.205 e. The van der Waals surface area contributed by atoms with Gasteiger partial charge in [-0.15, -0.1) is 0 Å². The number of imidazole rings is 1. The second-order valence-electron chi connectivity index (χ2n) is 3.89. The van der Waals surface area contributed by atoms with Gasteiger partial charge in [0.1, 0.15) is 5.52 Å². The maximum Gasteiger partial charge on any atom is 0.205 e. The lowest BCUT2D eigenvalue weighted by Crippen LogP contribution is -2.03. The molecular weight excluding hydrogens is 257 g/mol. The van der Waals surface area contributed by atoms with Gasteiger partial charge in [-0.3, -0.25) is 9.55 Å². The Balaban J connectivity index is 2.33. The van der Waals surface area contributed by atoms with Crippen LogP contribution in [0.4, 0.5) is 19.1 Å². The first-order valence-electron chi connectivity index (χ1n) is 5.31. The molecule has 0 unspecified atom stereocenters. The number of nitrogens with zero attached hydrogens (tertiary/aromatic N) is 3. The quantitative estimate of drug-likeness (QED) is 0.687. The molecule has 3 aromatic rings. The van der Waals surface area contributed by atoms with Gasteiger partial charge in [-0.05, 0) is 6.07 Å². The van der Waals surface area contributed by atoms with Crippen LogP contribution >= 0.6 is 0 Å². The fourth-order valence-electron chi connectivity index (χ4n) is 1.89. The first kappa shape index (κ1) is 11.5. The number of nitrogen functional groups attached to an aromatic ring is 1. The highest BCUT2D eigenvalue weighted by Gasteiger charge is 2.15. The summed E-state index contributed by atoms with van der Waals surface area (Å²) in [5, 5.41) is 0. The van der Waals surface area contributed by atoms with Gasteiger partial charge in [0.15, 0.2) is 17.5 Å². The molecule has 0 fully saturated rings. The van der Waals surface area contributed by atoms with Crippen molar-refractivity contribution >= 4 is 17.0 Å². The monoisotopic (exact) mass is 264 g/mol. The predicted octanol–water partition coefficient (Wildman–Crippen LogP) is 2.42. The number of hydrogen-bond donors (Lipinski definition) is 1. The van der Waals surface area contributed by atoms with Crippen molar-refractivity contribution in [2.24, 2.45) is 0 Å². The van der Waals surface area contributed by atoms with Crippen molar-refractivity contribution in [2.75, 3.05) is 5.73 Å². The van der Waals surface area contributed by atoms with E-state index in [0.717, 1.165) is 12.1 Å². The molecule has 0 saturated heterocycles. The number of halogens is 3. The second-order valence-corrected chi connectivity index (χ2v) is 3.89. The summed E-state index contributed by atoms with van der Waals surface area (Å²) in [6.07, 6.45) is 2.97. The number of pyridine rings is 1. The third kappa shape index (κ3) is 1.70. The van der Waals surface area contributed by atoms with E-state index in [2.05, 4.69) is 9.97 Å². The molecule has 4 nitrogen and oxygen atoms in total. The minimum atomic E-state index is -1.52. The fraction of sp³-hybridized carbons (Fsp3) is 0. The Hall–Kier alpha value is -2.57. The molecule has 0 aliphatic heterocycles. The molecule has 2 aromatic heterocycles. The van der Waals surface area contributed by atoms with Crippen molar-refractivity contribution < 1.29 is 13.2 Å². The standard InChI is InChI=1S/C12H7F3N4/c13-7-3-6(4-8(14)11(7)15)19-10-1-2-17-5-9(10)18-12(19)16/h1-5H,(H2,16,18). The van der Waals surface area contributed by atoms with Crippen LogP contribution in [0.5, 0.6) is 0 Å². The van der Waals surface area contributed by atoms with E-state index in [1.165, 1.54) is 17.0 Å². The summed E-state index contributed by atoms with van der Waals surface area (Å²) >= 11 is 0. The largest absolute Gasteiger partial charge is 0.369 e. The molecule has 96 valence electrons. The van der Waals surface area contributed by atoms with Crippen molar-refractivity contribution in [1.82, 2.24) is 14.5 Å². The number of aromatic nitrogens is 3. The Kier molecular flexibility index (Phi) is 2.41. The zero-order valence-electron chi connectivity index (χ0n) is 9.44. The molecule has 19 heavy (non-hydrogen) atoms. The van der Waals surface area contributed by atoms with Crippen LogP contribution in [0, 0.1) is 17.5 Å². The van der Waals surface area contributed by atoms with Crippen LogP contribution in [0.2, 0.25) is 0 Å². The summed E-state index contributed by atoms with van der Waals surface area (Å²) in [4.78, 5) is 7.88. The third-order valence-corrected chi connectivity index (χ3v) is 2.71. The fourth-order valence-corrected chi connectivity index (χ4v) is 1.89. The summed E-state index contributed by atoms with van der Waals surface area (Å²) in [6, 6.07) is 3.31. The molecule has 7 heteroatoms. The highest BCUT2D eigenvalue weighted by molar-refractivity contribution is 5.79. The van der Waals surface area contributed by atoms with Gasteiger partial charge in [-0.2, -0.15) is 0 Å². The summed E-state index contributed by atoms with van der Waals surface area (Å²) < 4.78 is 40.8. The summed E-state index contributed by atoms with van der Waals surface area (Å²) in [5.74, 6) is -4.06. The second kappa shape index (κ2) is 3.98. The van der Waals surface area contributed by atoms with E-state index in [-0.39, 0.29) is 11.6 Å². The predicted molar refractivity (Wildman–Crippen MR) is 63.2 cm³/mol. The van der Waals surface area contributed by atoms with Crippen LogP contribution in [0.3, 0.4) is 0 Å². The third-order valence-electron chi connectivity index (χ3n) is 2.71. The van der Waals surface area contributed by atoms with Gasteiger partial charge in [0.2, 0.25) is 5.95 Å². The maximum absolute atomic E-state index is 13.3. The van der Waals surface area contributed by atoms with E-state index in [0.29, 0.717) is 11.0 Å². The number of nitrogens with two attached hydrogens (primary N) is 1. The highest BCUT2D eigenvalue weighted by atomic mass is 19.2. The Morgan fingerprint density at radius 1 is 1.11 bits per heavy atom. The molecule has 1 aromatic carbocycles. The van der Waals surface area contributed by atoms with Crippen molar-refractivity contribution in [3.05, 3.63) is 48.0 Å². The molecule has 0 saturated carbocycles. The van der Waals surface area contributed by atoms with Crippen LogP contribution in [0.1, 0.15) is 0 Å². The van der Waals surface area contributed by atoms with Crippen LogP contribution < -0.4 is 5.73 Å². The highest BCUT2D eigenvalue weighted by Crippen LogP contribution is 2.24. The van der Waals surface area contributed by atoms with Crippen LogP contribution in [0.15, 0.2) is 30.6 Å². The number of anilines is 1. The van der Waals surface area contributed by atoms with Gasteiger partial charge in [0.25, 0.3) is 0 Å². The van der Waals surface area contributed by atoms with E-state index in [1.54, 1.807) is 6.07 Å². The molecular formula is C12H7F3N4. The molecule has 2 N–H and O–H groups in total. The van der Waals surface area contributed by atoms with Gasteiger partial charge in [-0.1, -0.05) is 0 Å². The maximum atomic E-state index is 13.3. The van der Waals surface area contributed by atoms with E-state index in [9.17, 15) is 13.2 Å². The molecule has 0 aliphatic carbocycles. The SMILES string of the molecule is Nc1nc2cnccc2n1-c1cc(F)c(F)c(F)c1. The zero-order valence-corrected chi connectivity index (χ0v) is 9.44.